The summed E-state index contributed by atoms with van der Waals surface area (Å²) >= 11 is 1.13. The SMILES string of the molecule is CCNC(=O)NC(=O)[C@H](C)Sc1nnc(-c2ccc(C(C)(C)C)cc2)n1N. The summed E-state index contributed by atoms with van der Waals surface area (Å²) in [6.07, 6.45) is 0. The zero-order valence-corrected chi connectivity index (χ0v) is 17.1. The van der Waals surface area contributed by atoms with Gasteiger partial charge in [-0.2, -0.15) is 0 Å². The number of benzene rings is 1. The summed E-state index contributed by atoms with van der Waals surface area (Å²) in [4.78, 5) is 23.5. The highest BCUT2D eigenvalue weighted by Gasteiger charge is 2.21. The van der Waals surface area contributed by atoms with E-state index < -0.39 is 17.2 Å². The highest BCUT2D eigenvalue weighted by Crippen LogP contribution is 2.27. The molecule has 0 saturated carbocycles. The second kappa shape index (κ2) is 8.43. The Kier molecular flexibility index (Phi) is 6.48. The van der Waals surface area contributed by atoms with Crippen molar-refractivity contribution in [1.29, 1.82) is 0 Å². The van der Waals surface area contributed by atoms with E-state index in [0.29, 0.717) is 17.5 Å². The number of nitrogens with one attached hydrogen (secondary N) is 2. The van der Waals surface area contributed by atoms with Crippen LogP contribution in [-0.2, 0) is 10.2 Å². The number of nitrogens with zero attached hydrogens (tertiary/aromatic N) is 3. The average Bonchev–Trinajstić information content (AvgIpc) is 2.95. The standard InChI is InChI=1S/C18H26N6O2S/c1-6-20-16(26)21-15(25)11(2)27-17-23-22-14(24(17)19)12-7-9-13(10-8-12)18(3,4)5/h7-11H,6,19H2,1-5H3,(H2,20,21,25,26)/t11-/m0/s1. The van der Waals surface area contributed by atoms with E-state index in [1.165, 1.54) is 10.2 Å². The molecule has 146 valence electrons. The fourth-order valence-corrected chi connectivity index (χ4v) is 3.07. The highest BCUT2D eigenvalue weighted by atomic mass is 32.2. The van der Waals surface area contributed by atoms with E-state index in [9.17, 15) is 9.59 Å². The quantitative estimate of drug-likeness (QED) is 0.533. The fraction of sp³-hybridized carbons (Fsp3) is 0.444. The van der Waals surface area contributed by atoms with Crippen molar-refractivity contribution in [2.45, 2.75) is 50.4 Å². The first-order chi connectivity index (χ1) is 12.6. The van der Waals surface area contributed by atoms with E-state index in [2.05, 4.69) is 41.6 Å². The first kappa shape index (κ1) is 20.8. The van der Waals surface area contributed by atoms with Crippen molar-refractivity contribution in [3.8, 4) is 11.4 Å². The van der Waals surface area contributed by atoms with Crippen molar-refractivity contribution >= 4 is 23.7 Å². The Labute approximate surface area is 163 Å². The number of carbonyl (C=O) groups is 2. The van der Waals surface area contributed by atoms with Crippen LogP contribution in [0.15, 0.2) is 29.4 Å². The maximum Gasteiger partial charge on any atom is 0.321 e. The molecule has 0 aliphatic heterocycles. The van der Waals surface area contributed by atoms with Crippen LogP contribution < -0.4 is 16.5 Å². The Morgan fingerprint density at radius 2 is 1.85 bits per heavy atom. The molecule has 0 bridgehead atoms. The Balaban J connectivity index is 2.10. The monoisotopic (exact) mass is 390 g/mol. The van der Waals surface area contributed by atoms with Crippen LogP contribution in [0.25, 0.3) is 11.4 Å². The Morgan fingerprint density at radius 3 is 2.41 bits per heavy atom. The van der Waals surface area contributed by atoms with Crippen molar-refractivity contribution in [1.82, 2.24) is 25.5 Å². The summed E-state index contributed by atoms with van der Waals surface area (Å²) in [5.74, 6) is 6.20. The summed E-state index contributed by atoms with van der Waals surface area (Å²) in [6, 6.07) is 7.46. The number of nitrogens with two attached hydrogens (primary N) is 1. The number of urea groups is 1. The highest BCUT2D eigenvalue weighted by molar-refractivity contribution is 8.00. The van der Waals surface area contributed by atoms with Crippen LogP contribution in [-0.4, -0.2) is 38.6 Å². The van der Waals surface area contributed by atoms with Crippen molar-refractivity contribution in [2.24, 2.45) is 0 Å². The molecule has 1 heterocycles. The third-order valence-corrected chi connectivity index (χ3v) is 4.96. The Morgan fingerprint density at radius 1 is 1.22 bits per heavy atom. The number of rotatable bonds is 5. The zero-order valence-electron chi connectivity index (χ0n) is 16.2. The van der Waals surface area contributed by atoms with Gasteiger partial charge in [0.25, 0.3) is 0 Å². The number of amides is 3. The lowest BCUT2D eigenvalue weighted by Gasteiger charge is -2.19. The molecule has 0 saturated heterocycles. The zero-order chi connectivity index (χ0) is 20.2. The smallest absolute Gasteiger partial charge is 0.321 e. The van der Waals surface area contributed by atoms with Crippen LogP contribution in [0.5, 0.6) is 0 Å². The minimum Gasteiger partial charge on any atom is -0.338 e. The molecule has 0 fully saturated rings. The van der Waals surface area contributed by atoms with E-state index in [-0.39, 0.29) is 5.41 Å². The number of carbonyl (C=O) groups excluding carboxylic acids is 2. The van der Waals surface area contributed by atoms with Gasteiger partial charge in [0.15, 0.2) is 5.82 Å². The van der Waals surface area contributed by atoms with Gasteiger partial charge in [0, 0.05) is 12.1 Å². The van der Waals surface area contributed by atoms with Gasteiger partial charge >= 0.3 is 6.03 Å². The second-order valence-corrected chi connectivity index (χ2v) is 8.42. The van der Waals surface area contributed by atoms with Crippen molar-refractivity contribution in [2.75, 3.05) is 12.4 Å². The van der Waals surface area contributed by atoms with Crippen LogP contribution in [0.4, 0.5) is 4.79 Å². The number of nitrogen functional groups attached to an aromatic ring is 1. The lowest BCUT2D eigenvalue weighted by atomic mass is 9.87. The number of hydrogen-bond donors (Lipinski definition) is 3. The molecule has 0 spiro atoms. The summed E-state index contributed by atoms with van der Waals surface area (Å²) < 4.78 is 1.35. The van der Waals surface area contributed by atoms with Gasteiger partial charge in [0.1, 0.15) is 0 Å². The van der Waals surface area contributed by atoms with Crippen LogP contribution in [0.1, 0.15) is 40.2 Å². The number of aromatic nitrogens is 3. The van der Waals surface area contributed by atoms with E-state index in [1.807, 2.05) is 24.3 Å². The van der Waals surface area contributed by atoms with Gasteiger partial charge in [-0.05, 0) is 24.8 Å². The molecule has 2 rings (SSSR count). The molecule has 1 aromatic heterocycles. The van der Waals surface area contributed by atoms with Gasteiger partial charge in [-0.1, -0.05) is 56.8 Å². The van der Waals surface area contributed by atoms with Gasteiger partial charge in [-0.25, -0.2) is 9.47 Å². The first-order valence-corrected chi connectivity index (χ1v) is 9.58. The van der Waals surface area contributed by atoms with Crippen molar-refractivity contribution in [3.63, 3.8) is 0 Å². The van der Waals surface area contributed by atoms with Gasteiger partial charge < -0.3 is 11.2 Å². The average molecular weight is 391 g/mol. The van der Waals surface area contributed by atoms with E-state index in [4.69, 9.17) is 5.84 Å². The van der Waals surface area contributed by atoms with Crippen molar-refractivity contribution in [3.05, 3.63) is 29.8 Å². The topological polar surface area (TPSA) is 115 Å². The maximum atomic E-state index is 12.1. The lowest BCUT2D eigenvalue weighted by Crippen LogP contribution is -2.42. The summed E-state index contributed by atoms with van der Waals surface area (Å²) in [6.45, 7) is 10.3. The molecule has 8 nitrogen and oxygen atoms in total. The van der Waals surface area contributed by atoms with Gasteiger partial charge in [0.05, 0.1) is 5.25 Å². The van der Waals surface area contributed by atoms with Crippen molar-refractivity contribution < 1.29 is 9.59 Å². The van der Waals surface area contributed by atoms with Crippen LogP contribution in [0, 0.1) is 0 Å². The third kappa shape index (κ3) is 5.22. The van der Waals surface area contributed by atoms with Gasteiger partial charge in [-0.15, -0.1) is 10.2 Å². The maximum absolute atomic E-state index is 12.1. The summed E-state index contributed by atoms with van der Waals surface area (Å²) in [7, 11) is 0. The third-order valence-electron chi connectivity index (χ3n) is 3.90. The molecule has 1 aromatic carbocycles. The number of hydrogen-bond acceptors (Lipinski definition) is 6. The largest absolute Gasteiger partial charge is 0.338 e. The van der Waals surface area contributed by atoms with E-state index in [1.54, 1.807) is 13.8 Å². The number of thioether (sulfide) groups is 1. The predicted octanol–water partition coefficient (Wildman–Crippen LogP) is 2.28. The summed E-state index contributed by atoms with van der Waals surface area (Å²) in [5, 5.41) is 12.8. The normalized spacial score (nSPS) is 12.5. The minimum atomic E-state index is -0.560. The lowest BCUT2D eigenvalue weighted by molar-refractivity contribution is -0.119. The minimum absolute atomic E-state index is 0.0583. The molecule has 4 N–H and O–H groups in total. The van der Waals surface area contributed by atoms with Crippen LogP contribution in [0.3, 0.4) is 0 Å². The molecular formula is C18H26N6O2S. The van der Waals surface area contributed by atoms with Crippen LogP contribution >= 0.6 is 11.8 Å². The molecule has 0 aliphatic carbocycles. The number of imide groups is 1. The molecule has 0 radical (unpaired) electrons. The van der Waals surface area contributed by atoms with Gasteiger partial charge in [-0.3, -0.25) is 10.1 Å². The molecule has 27 heavy (non-hydrogen) atoms. The first-order valence-electron chi connectivity index (χ1n) is 8.70. The Bertz CT molecular complexity index is 810. The predicted molar refractivity (Wildman–Crippen MR) is 107 cm³/mol. The molecule has 3 amide bonds. The molecule has 2 aromatic rings. The molecule has 0 unspecified atom stereocenters. The van der Waals surface area contributed by atoms with E-state index in [0.717, 1.165) is 17.3 Å². The molecule has 1 atom stereocenters. The van der Waals surface area contributed by atoms with Gasteiger partial charge in [0.2, 0.25) is 11.1 Å². The molecule has 0 aliphatic rings. The Hall–Kier alpha value is -2.55. The second-order valence-electron chi connectivity index (χ2n) is 7.11. The van der Waals surface area contributed by atoms with E-state index >= 15 is 0 Å². The summed E-state index contributed by atoms with van der Waals surface area (Å²) in [5.41, 5.74) is 2.10. The molecular weight excluding hydrogens is 364 g/mol. The van der Waals surface area contributed by atoms with Crippen LogP contribution in [0.2, 0.25) is 0 Å². The fourth-order valence-electron chi connectivity index (χ4n) is 2.30. The molecule has 9 heteroatoms.